The fourth-order valence-corrected chi connectivity index (χ4v) is 6.75. The summed E-state index contributed by atoms with van der Waals surface area (Å²) < 4.78 is 12.6. The van der Waals surface area contributed by atoms with Gasteiger partial charge in [0, 0.05) is 5.70 Å². The molecule has 1 N–H and O–H groups in total. The predicted octanol–water partition coefficient (Wildman–Crippen LogP) is 8.82. The number of rotatable bonds is 14. The minimum atomic E-state index is -0.725. The number of amides is 3. The maximum Gasteiger partial charge on any atom is 0.285 e. The van der Waals surface area contributed by atoms with Gasteiger partial charge >= 0.3 is 0 Å². The molecule has 4 aromatic carbocycles. The van der Waals surface area contributed by atoms with Crippen molar-refractivity contribution in [3.63, 3.8) is 0 Å². The summed E-state index contributed by atoms with van der Waals surface area (Å²) in [7, 11) is 0. The van der Waals surface area contributed by atoms with Gasteiger partial charge in [0.25, 0.3) is 11.8 Å². The normalized spacial score (nSPS) is 14.2. The molecule has 10 heteroatoms. The smallest absolute Gasteiger partial charge is 0.285 e. The number of benzene rings is 4. The Morgan fingerprint density at radius 2 is 1.60 bits per heavy atom. The van der Waals surface area contributed by atoms with E-state index < -0.39 is 17.9 Å². The van der Waals surface area contributed by atoms with Gasteiger partial charge in [0.15, 0.2) is 16.7 Å². The van der Waals surface area contributed by atoms with Crippen molar-refractivity contribution in [2.24, 2.45) is 4.99 Å². The molecule has 0 fully saturated rings. The quantitative estimate of drug-likeness (QED) is 0.0782. The zero-order valence-corrected chi connectivity index (χ0v) is 31.2. The Labute approximate surface area is 316 Å². The highest BCUT2D eigenvalue weighted by Crippen LogP contribution is 2.38. The maximum absolute atomic E-state index is 14.2. The number of allylic oxidation sites excluding steroid dienone is 4. The molecule has 264 valence electrons. The summed E-state index contributed by atoms with van der Waals surface area (Å²) in [6, 6.07) is 32.2. The molecule has 0 spiro atoms. The van der Waals surface area contributed by atoms with Crippen molar-refractivity contribution in [3.8, 4) is 11.5 Å². The lowest BCUT2D eigenvalue weighted by atomic mass is 9.99. The SMILES string of the molecule is C=C/C=C\C(=C/C)N1C(=O)/C(=C/c2cc(Br)c(OCc3ccccc3)c(OCC)c2)C(=O)N=C1SCC(=O)NC(c1ccccc1)c1ccccc1. The molecule has 0 unspecified atom stereocenters. The van der Waals surface area contributed by atoms with Gasteiger partial charge in [0.05, 0.1) is 22.9 Å². The average Bonchev–Trinajstić information content (AvgIpc) is 3.16. The first-order valence-corrected chi connectivity index (χ1v) is 18.4. The van der Waals surface area contributed by atoms with Gasteiger partial charge in [-0.15, -0.1) is 0 Å². The largest absolute Gasteiger partial charge is 0.490 e. The topological polar surface area (TPSA) is 97.3 Å². The van der Waals surface area contributed by atoms with Crippen LogP contribution in [0.25, 0.3) is 6.08 Å². The number of aliphatic imine (C=N–C) groups is 1. The van der Waals surface area contributed by atoms with Crippen LogP contribution in [0.5, 0.6) is 11.5 Å². The highest BCUT2D eigenvalue weighted by molar-refractivity contribution is 9.10. The molecule has 0 bridgehead atoms. The minimum absolute atomic E-state index is 0.0842. The Morgan fingerprint density at radius 1 is 0.962 bits per heavy atom. The lowest BCUT2D eigenvalue weighted by molar-refractivity contribution is -0.126. The van der Waals surface area contributed by atoms with Crippen molar-refractivity contribution in [3.05, 3.63) is 172 Å². The number of carbonyl (C=O) groups excluding carboxylic acids is 3. The molecule has 3 amide bonds. The number of nitrogens with zero attached hydrogens (tertiary/aromatic N) is 2. The molecule has 4 aromatic rings. The zero-order chi connectivity index (χ0) is 36.9. The first-order valence-electron chi connectivity index (χ1n) is 16.6. The second-order valence-corrected chi connectivity index (χ2v) is 13.2. The van der Waals surface area contributed by atoms with Crippen LogP contribution in [0, 0.1) is 0 Å². The van der Waals surface area contributed by atoms with E-state index >= 15 is 0 Å². The number of thioether (sulfide) groups is 1. The summed E-state index contributed by atoms with van der Waals surface area (Å²) in [5.41, 5.74) is 3.67. The number of hydrogen-bond acceptors (Lipinski definition) is 6. The molecule has 1 heterocycles. The van der Waals surface area contributed by atoms with Crippen molar-refractivity contribution in [2.75, 3.05) is 12.4 Å². The van der Waals surface area contributed by atoms with E-state index in [0.717, 1.165) is 28.5 Å². The zero-order valence-electron chi connectivity index (χ0n) is 28.8. The number of hydrogen-bond donors (Lipinski definition) is 1. The Bertz CT molecular complexity index is 1990. The van der Waals surface area contributed by atoms with E-state index in [0.29, 0.717) is 40.4 Å². The van der Waals surface area contributed by atoms with Gasteiger partial charge in [-0.05, 0) is 76.3 Å². The van der Waals surface area contributed by atoms with E-state index in [-0.39, 0.29) is 22.4 Å². The first-order chi connectivity index (χ1) is 25.3. The summed E-state index contributed by atoms with van der Waals surface area (Å²) in [5, 5.41) is 3.19. The molecule has 0 aromatic heterocycles. The molecule has 0 saturated heterocycles. The van der Waals surface area contributed by atoms with Crippen LogP contribution < -0.4 is 14.8 Å². The third kappa shape index (κ3) is 9.65. The van der Waals surface area contributed by atoms with Gasteiger partial charge in [0.2, 0.25) is 5.91 Å². The number of amidine groups is 1. The van der Waals surface area contributed by atoms with E-state index in [4.69, 9.17) is 9.47 Å². The first kappa shape index (κ1) is 37.8. The highest BCUT2D eigenvalue weighted by atomic mass is 79.9. The number of nitrogens with one attached hydrogen (secondary N) is 1. The molecule has 0 atom stereocenters. The number of carbonyl (C=O) groups is 3. The second-order valence-electron chi connectivity index (χ2n) is 11.4. The molecular weight excluding hydrogens is 738 g/mol. The van der Waals surface area contributed by atoms with Crippen LogP contribution in [0.2, 0.25) is 0 Å². The third-order valence-corrected chi connectivity index (χ3v) is 9.31. The van der Waals surface area contributed by atoms with Crippen LogP contribution in [0.1, 0.15) is 42.1 Å². The molecule has 0 radical (unpaired) electrons. The van der Waals surface area contributed by atoms with Gasteiger partial charge in [-0.25, -0.2) is 0 Å². The van der Waals surface area contributed by atoms with Crippen LogP contribution in [-0.2, 0) is 21.0 Å². The van der Waals surface area contributed by atoms with Crippen LogP contribution in [0.3, 0.4) is 0 Å². The van der Waals surface area contributed by atoms with E-state index in [1.807, 2.05) is 97.9 Å². The monoisotopic (exact) mass is 775 g/mol. The van der Waals surface area contributed by atoms with Gasteiger partial charge in [-0.3, -0.25) is 19.3 Å². The van der Waals surface area contributed by atoms with E-state index in [1.165, 1.54) is 11.0 Å². The molecule has 1 aliphatic rings. The molecule has 0 saturated carbocycles. The number of ether oxygens (including phenoxy) is 2. The molecule has 52 heavy (non-hydrogen) atoms. The van der Waals surface area contributed by atoms with E-state index in [2.05, 4.69) is 32.8 Å². The lowest BCUT2D eigenvalue weighted by Crippen LogP contribution is -2.42. The van der Waals surface area contributed by atoms with E-state index in [9.17, 15) is 14.4 Å². The number of halogens is 1. The average molecular weight is 777 g/mol. The highest BCUT2D eigenvalue weighted by Gasteiger charge is 2.35. The Balaban J connectivity index is 1.42. The van der Waals surface area contributed by atoms with Crippen LogP contribution in [0.15, 0.2) is 155 Å². The van der Waals surface area contributed by atoms with Crippen LogP contribution in [0.4, 0.5) is 0 Å². The molecule has 0 aliphatic carbocycles. The van der Waals surface area contributed by atoms with Gasteiger partial charge < -0.3 is 14.8 Å². The summed E-state index contributed by atoms with van der Waals surface area (Å²) in [6.45, 7) is 8.07. The molecule has 1 aliphatic heterocycles. The van der Waals surface area contributed by atoms with Crippen LogP contribution in [-0.4, -0.2) is 40.1 Å². The summed E-state index contributed by atoms with van der Waals surface area (Å²) in [4.78, 5) is 46.9. The Morgan fingerprint density at radius 3 is 2.19 bits per heavy atom. The van der Waals surface area contributed by atoms with Crippen molar-refractivity contribution >= 4 is 56.7 Å². The van der Waals surface area contributed by atoms with Crippen molar-refractivity contribution in [2.45, 2.75) is 26.5 Å². The standard InChI is InChI=1S/C42H38BrN3O5S/c1-4-7-23-33(5-2)46-41(49)34(24-30-25-35(43)39(36(26-30)50-6-3)51-27-29-17-11-8-12-18-29)40(48)45-42(46)52-28-37(47)44-38(31-19-13-9-14-20-31)32-21-15-10-16-22-32/h4-5,7-26,38H,1,6,27-28H2,2-3H3,(H,44,47)/b23-7-,33-5+,34-24+. The lowest BCUT2D eigenvalue weighted by Gasteiger charge is -2.28. The van der Waals surface area contributed by atoms with Crippen molar-refractivity contribution in [1.82, 2.24) is 10.2 Å². The van der Waals surface area contributed by atoms with Gasteiger partial charge in [-0.2, -0.15) is 4.99 Å². The third-order valence-electron chi connectivity index (χ3n) is 7.78. The van der Waals surface area contributed by atoms with Crippen molar-refractivity contribution < 1.29 is 23.9 Å². The Kier molecular flexibility index (Phi) is 13.6. The summed E-state index contributed by atoms with van der Waals surface area (Å²) in [6.07, 6.45) is 8.17. The Hall–Kier alpha value is -5.45. The summed E-state index contributed by atoms with van der Waals surface area (Å²) >= 11 is 4.60. The second kappa shape index (κ2) is 18.7. The van der Waals surface area contributed by atoms with E-state index in [1.54, 1.807) is 43.4 Å². The fraction of sp³-hybridized carbons (Fsp3) is 0.143. The van der Waals surface area contributed by atoms with Crippen molar-refractivity contribution in [1.29, 1.82) is 0 Å². The maximum atomic E-state index is 14.2. The van der Waals surface area contributed by atoms with Gasteiger partial charge in [-0.1, -0.05) is 128 Å². The summed E-state index contributed by atoms with van der Waals surface area (Å²) in [5.74, 6) is -0.753. The molecular formula is C42H38BrN3O5S. The molecule has 8 nitrogen and oxygen atoms in total. The van der Waals surface area contributed by atoms with Gasteiger partial charge in [0.1, 0.15) is 12.2 Å². The predicted molar refractivity (Wildman–Crippen MR) is 212 cm³/mol. The minimum Gasteiger partial charge on any atom is -0.490 e. The fourth-order valence-electron chi connectivity index (χ4n) is 5.36. The molecule has 5 rings (SSSR count). The van der Waals surface area contributed by atoms with Crippen LogP contribution >= 0.6 is 27.7 Å².